The normalized spacial score (nSPS) is 15.0. The van der Waals surface area contributed by atoms with Crippen molar-refractivity contribution in [3.8, 4) is 11.5 Å². The van der Waals surface area contributed by atoms with Gasteiger partial charge in [0.05, 0.1) is 0 Å². The van der Waals surface area contributed by atoms with Crippen LogP contribution in [0.3, 0.4) is 0 Å². The molecule has 1 heterocycles. The number of benzene rings is 2. The highest BCUT2D eigenvalue weighted by Crippen LogP contribution is 2.26. The summed E-state index contributed by atoms with van der Waals surface area (Å²) in [5.41, 5.74) is 3.18. The van der Waals surface area contributed by atoms with Gasteiger partial charge in [0, 0.05) is 24.2 Å². The van der Waals surface area contributed by atoms with Crippen LogP contribution in [0.15, 0.2) is 52.9 Å². The standard InChI is InChI=1S/C20H19N2O2/c1-22(16-6-2-3-7-16)20(23)15-12-10-14(11-13-15)19-21-17-8-4-5-9-18(17)24-19/h2,4-5,8-13,16H,3,6-7H2,1H3/t16-/m1/s1. The minimum Gasteiger partial charge on any atom is -0.436 e. The van der Waals surface area contributed by atoms with Crippen LogP contribution in [0.4, 0.5) is 0 Å². The summed E-state index contributed by atoms with van der Waals surface area (Å²) in [6, 6.07) is 15.5. The van der Waals surface area contributed by atoms with E-state index in [9.17, 15) is 4.79 Å². The Labute approximate surface area is 141 Å². The number of para-hydroxylation sites is 2. The Kier molecular flexibility index (Phi) is 3.81. The lowest BCUT2D eigenvalue weighted by Gasteiger charge is -2.24. The second-order valence-corrected chi connectivity index (χ2v) is 6.24. The molecule has 1 amide bonds. The Morgan fingerprint density at radius 3 is 2.67 bits per heavy atom. The van der Waals surface area contributed by atoms with Crippen molar-refractivity contribution < 1.29 is 9.21 Å². The molecule has 3 aromatic rings. The Bertz CT molecular complexity index is 828. The summed E-state index contributed by atoms with van der Waals surface area (Å²) >= 11 is 0. The van der Waals surface area contributed by atoms with E-state index in [1.165, 1.54) is 0 Å². The van der Waals surface area contributed by atoms with Crippen molar-refractivity contribution in [2.45, 2.75) is 25.3 Å². The van der Waals surface area contributed by atoms with Crippen LogP contribution in [0.1, 0.15) is 29.6 Å². The van der Waals surface area contributed by atoms with Crippen molar-refractivity contribution in [3.05, 3.63) is 60.5 Å². The van der Waals surface area contributed by atoms with Crippen molar-refractivity contribution in [3.63, 3.8) is 0 Å². The van der Waals surface area contributed by atoms with Crippen LogP contribution >= 0.6 is 0 Å². The molecule has 1 aliphatic carbocycles. The molecule has 1 atom stereocenters. The summed E-state index contributed by atoms with van der Waals surface area (Å²) in [6.45, 7) is 0. The maximum Gasteiger partial charge on any atom is 0.253 e. The van der Waals surface area contributed by atoms with Crippen LogP contribution < -0.4 is 0 Å². The maximum atomic E-state index is 12.6. The monoisotopic (exact) mass is 319 g/mol. The van der Waals surface area contributed by atoms with E-state index < -0.39 is 0 Å². The van der Waals surface area contributed by atoms with Gasteiger partial charge in [-0.1, -0.05) is 12.1 Å². The molecule has 0 aliphatic heterocycles. The van der Waals surface area contributed by atoms with E-state index in [0.29, 0.717) is 17.5 Å². The van der Waals surface area contributed by atoms with Crippen LogP contribution in [0.25, 0.3) is 22.6 Å². The average molecular weight is 319 g/mol. The van der Waals surface area contributed by atoms with Gasteiger partial charge in [-0.2, -0.15) is 0 Å². The van der Waals surface area contributed by atoms with Crippen LogP contribution in [-0.2, 0) is 0 Å². The van der Waals surface area contributed by atoms with E-state index in [2.05, 4.69) is 11.4 Å². The molecule has 121 valence electrons. The molecular weight excluding hydrogens is 300 g/mol. The van der Waals surface area contributed by atoms with Crippen LogP contribution in [0.2, 0.25) is 0 Å². The number of hydrogen-bond acceptors (Lipinski definition) is 3. The number of amides is 1. The van der Waals surface area contributed by atoms with Gasteiger partial charge < -0.3 is 9.32 Å². The predicted octanol–water partition coefficient (Wildman–Crippen LogP) is 4.32. The van der Waals surface area contributed by atoms with E-state index in [0.717, 1.165) is 35.9 Å². The van der Waals surface area contributed by atoms with E-state index in [1.807, 2.05) is 60.5 Å². The first-order chi connectivity index (χ1) is 11.7. The molecule has 0 bridgehead atoms. The van der Waals surface area contributed by atoms with Crippen molar-refractivity contribution in [2.24, 2.45) is 0 Å². The topological polar surface area (TPSA) is 46.3 Å². The summed E-state index contributed by atoms with van der Waals surface area (Å²) in [4.78, 5) is 18.9. The van der Waals surface area contributed by atoms with E-state index >= 15 is 0 Å². The average Bonchev–Trinajstić information content (AvgIpc) is 3.30. The zero-order valence-electron chi connectivity index (χ0n) is 13.6. The summed E-state index contributed by atoms with van der Waals surface area (Å²) in [5, 5.41) is 0. The van der Waals surface area contributed by atoms with Crippen molar-refractivity contribution in [1.82, 2.24) is 9.88 Å². The number of carbonyl (C=O) groups excluding carboxylic acids is 1. The molecule has 1 fully saturated rings. The second-order valence-electron chi connectivity index (χ2n) is 6.24. The Balaban J connectivity index is 1.56. The van der Waals surface area contributed by atoms with Gasteiger partial charge in [-0.3, -0.25) is 4.79 Å². The summed E-state index contributed by atoms with van der Waals surface area (Å²) in [6.07, 6.45) is 5.40. The molecule has 24 heavy (non-hydrogen) atoms. The van der Waals surface area contributed by atoms with E-state index in [-0.39, 0.29) is 5.91 Å². The van der Waals surface area contributed by atoms with Crippen LogP contribution in [-0.4, -0.2) is 28.9 Å². The highest BCUT2D eigenvalue weighted by molar-refractivity contribution is 5.94. The number of rotatable bonds is 3. The molecule has 1 saturated carbocycles. The fraction of sp³-hybridized carbons (Fsp3) is 0.250. The fourth-order valence-electron chi connectivity index (χ4n) is 3.21. The molecular formula is C20H19N2O2. The first-order valence-electron chi connectivity index (χ1n) is 8.27. The molecule has 0 saturated heterocycles. The van der Waals surface area contributed by atoms with E-state index in [4.69, 9.17) is 4.42 Å². The van der Waals surface area contributed by atoms with Gasteiger partial charge in [-0.15, -0.1) is 0 Å². The fourth-order valence-corrected chi connectivity index (χ4v) is 3.21. The van der Waals surface area contributed by atoms with Gasteiger partial charge >= 0.3 is 0 Å². The number of aromatic nitrogens is 1. The smallest absolute Gasteiger partial charge is 0.253 e. The molecule has 4 heteroatoms. The molecule has 1 radical (unpaired) electrons. The lowest BCUT2D eigenvalue weighted by atomic mass is 10.1. The summed E-state index contributed by atoms with van der Waals surface area (Å²) < 4.78 is 5.77. The zero-order valence-corrected chi connectivity index (χ0v) is 13.6. The first-order valence-corrected chi connectivity index (χ1v) is 8.27. The number of nitrogens with zero attached hydrogens (tertiary/aromatic N) is 2. The van der Waals surface area contributed by atoms with Crippen LogP contribution in [0.5, 0.6) is 0 Å². The molecule has 1 aliphatic rings. The van der Waals surface area contributed by atoms with Crippen molar-refractivity contribution in [2.75, 3.05) is 7.05 Å². The Morgan fingerprint density at radius 1 is 1.17 bits per heavy atom. The van der Waals surface area contributed by atoms with E-state index in [1.54, 1.807) is 0 Å². The van der Waals surface area contributed by atoms with Gasteiger partial charge in [0.1, 0.15) is 5.52 Å². The number of oxazole rings is 1. The third kappa shape index (κ3) is 2.68. The van der Waals surface area contributed by atoms with Gasteiger partial charge in [0.15, 0.2) is 5.58 Å². The molecule has 4 rings (SSSR count). The molecule has 0 N–H and O–H groups in total. The third-order valence-corrected chi connectivity index (χ3v) is 4.68. The zero-order chi connectivity index (χ0) is 16.5. The summed E-state index contributed by atoms with van der Waals surface area (Å²) in [7, 11) is 1.89. The SMILES string of the molecule is CN(C(=O)c1ccc(-c2nc3ccccc3o2)cc1)[C@@H]1C[CH]CC1. The number of carbonyl (C=O) groups is 1. The van der Waals surface area contributed by atoms with Crippen molar-refractivity contribution >= 4 is 17.0 Å². The molecule has 2 aromatic carbocycles. The largest absolute Gasteiger partial charge is 0.436 e. The lowest BCUT2D eigenvalue weighted by molar-refractivity contribution is 0.0737. The van der Waals surface area contributed by atoms with Gasteiger partial charge in [-0.25, -0.2) is 4.98 Å². The third-order valence-electron chi connectivity index (χ3n) is 4.68. The minimum atomic E-state index is 0.0689. The van der Waals surface area contributed by atoms with Gasteiger partial charge in [0.25, 0.3) is 5.91 Å². The molecule has 1 aromatic heterocycles. The Hall–Kier alpha value is -2.62. The quantitative estimate of drug-likeness (QED) is 0.722. The summed E-state index contributed by atoms with van der Waals surface area (Å²) in [5.74, 6) is 0.647. The van der Waals surface area contributed by atoms with Gasteiger partial charge in [-0.05, 0) is 62.1 Å². The lowest BCUT2D eigenvalue weighted by Crippen LogP contribution is -2.35. The van der Waals surface area contributed by atoms with Crippen molar-refractivity contribution in [1.29, 1.82) is 0 Å². The number of hydrogen-bond donors (Lipinski definition) is 0. The molecule has 0 unspecified atom stereocenters. The highest BCUT2D eigenvalue weighted by Gasteiger charge is 2.24. The first kappa shape index (κ1) is 14.9. The maximum absolute atomic E-state index is 12.6. The Morgan fingerprint density at radius 2 is 1.96 bits per heavy atom. The molecule has 0 spiro atoms. The van der Waals surface area contributed by atoms with Gasteiger partial charge in [0.2, 0.25) is 5.89 Å². The van der Waals surface area contributed by atoms with Crippen LogP contribution in [0, 0.1) is 6.42 Å². The number of fused-ring (bicyclic) bond motifs is 1. The minimum absolute atomic E-state index is 0.0689. The highest BCUT2D eigenvalue weighted by atomic mass is 16.3. The molecule has 4 nitrogen and oxygen atoms in total. The predicted molar refractivity (Wildman–Crippen MR) is 93.5 cm³/mol. The second kappa shape index (κ2) is 6.11.